The monoisotopic (exact) mass is 246 g/mol. The molecule has 0 radical (unpaired) electrons. The van der Waals surface area contributed by atoms with Gasteiger partial charge >= 0.3 is 11.9 Å². The molecule has 7 heteroatoms. The molecule has 0 spiro atoms. The molecule has 98 valence electrons. The second kappa shape index (κ2) is 6.85. The first-order valence-electron chi connectivity index (χ1n) is 5.26. The van der Waals surface area contributed by atoms with E-state index in [0.29, 0.717) is 0 Å². The van der Waals surface area contributed by atoms with Gasteiger partial charge in [0.1, 0.15) is 6.04 Å². The molecule has 7 nitrogen and oxygen atoms in total. The average molecular weight is 246 g/mol. The lowest BCUT2D eigenvalue weighted by atomic mass is 10.0. The summed E-state index contributed by atoms with van der Waals surface area (Å²) >= 11 is 0. The lowest BCUT2D eigenvalue weighted by Gasteiger charge is -2.20. The number of hydrogen-bond donors (Lipinski definition) is 4. The fourth-order valence-electron chi connectivity index (χ4n) is 1.18. The molecule has 5 N–H and O–H groups in total. The highest BCUT2D eigenvalue weighted by atomic mass is 16.4. The summed E-state index contributed by atoms with van der Waals surface area (Å²) in [5.74, 6) is -3.11. The zero-order chi connectivity index (χ0) is 13.6. The van der Waals surface area contributed by atoms with Gasteiger partial charge in [0.25, 0.3) is 0 Å². The molecule has 2 atom stereocenters. The van der Waals surface area contributed by atoms with E-state index < -0.39 is 29.9 Å². The van der Waals surface area contributed by atoms with Crippen LogP contribution in [0, 0.1) is 5.92 Å². The van der Waals surface area contributed by atoms with E-state index in [2.05, 4.69) is 5.32 Å². The van der Waals surface area contributed by atoms with E-state index in [0.717, 1.165) is 0 Å². The summed E-state index contributed by atoms with van der Waals surface area (Å²) < 4.78 is 0. The van der Waals surface area contributed by atoms with Crippen LogP contribution < -0.4 is 11.1 Å². The van der Waals surface area contributed by atoms with Gasteiger partial charge in [-0.25, -0.2) is 4.79 Å². The third kappa shape index (κ3) is 5.86. The zero-order valence-corrected chi connectivity index (χ0v) is 9.84. The third-order valence-electron chi connectivity index (χ3n) is 2.24. The Morgan fingerprint density at radius 2 is 1.76 bits per heavy atom. The molecule has 0 aliphatic carbocycles. The highest BCUT2D eigenvalue weighted by Gasteiger charge is 2.25. The first-order chi connectivity index (χ1) is 7.75. The van der Waals surface area contributed by atoms with Gasteiger partial charge in [-0.2, -0.15) is 0 Å². The van der Waals surface area contributed by atoms with Crippen LogP contribution in [0.3, 0.4) is 0 Å². The molecule has 0 saturated heterocycles. The maximum absolute atomic E-state index is 11.5. The fourth-order valence-corrected chi connectivity index (χ4v) is 1.18. The zero-order valence-electron chi connectivity index (χ0n) is 9.84. The number of nitrogens with one attached hydrogen (secondary N) is 1. The molecule has 17 heavy (non-hydrogen) atoms. The van der Waals surface area contributed by atoms with E-state index >= 15 is 0 Å². The van der Waals surface area contributed by atoms with Crippen molar-refractivity contribution < 1.29 is 24.6 Å². The van der Waals surface area contributed by atoms with Gasteiger partial charge in [0.2, 0.25) is 5.91 Å². The lowest BCUT2D eigenvalue weighted by Crippen LogP contribution is -2.50. The Labute approximate surface area is 99.0 Å². The Bertz CT molecular complexity index is 303. The minimum atomic E-state index is -1.14. The molecule has 0 fully saturated rings. The summed E-state index contributed by atoms with van der Waals surface area (Å²) in [7, 11) is 0. The van der Waals surface area contributed by atoms with Crippen LogP contribution in [0.5, 0.6) is 0 Å². The van der Waals surface area contributed by atoms with Crippen LogP contribution >= 0.6 is 0 Å². The Morgan fingerprint density at radius 1 is 1.24 bits per heavy atom. The normalized spacial score (nSPS) is 14.1. The van der Waals surface area contributed by atoms with Crippen molar-refractivity contribution >= 4 is 17.8 Å². The van der Waals surface area contributed by atoms with Gasteiger partial charge in [-0.05, 0) is 12.3 Å². The maximum atomic E-state index is 11.5. The van der Waals surface area contributed by atoms with Crippen LogP contribution in [0.4, 0.5) is 0 Å². The van der Waals surface area contributed by atoms with Crippen molar-refractivity contribution in [2.24, 2.45) is 11.7 Å². The highest BCUT2D eigenvalue weighted by molar-refractivity contribution is 5.87. The Morgan fingerprint density at radius 3 is 2.12 bits per heavy atom. The Kier molecular flexibility index (Phi) is 6.19. The molecule has 0 rings (SSSR count). The van der Waals surface area contributed by atoms with Crippen molar-refractivity contribution in [1.29, 1.82) is 0 Å². The molecular weight excluding hydrogens is 228 g/mol. The summed E-state index contributed by atoms with van der Waals surface area (Å²) in [6.07, 6.45) is -0.250. The van der Waals surface area contributed by atoms with Gasteiger partial charge < -0.3 is 21.3 Å². The fraction of sp³-hybridized carbons (Fsp3) is 0.700. The minimum absolute atomic E-state index is 0.0222. The SMILES string of the molecule is CC(C)[C@H](NC(=O)[C@H](N)CCC(=O)O)C(=O)O. The number of nitrogens with two attached hydrogens (primary N) is 1. The number of carboxylic acid groups (broad SMARTS) is 2. The number of hydrogen-bond acceptors (Lipinski definition) is 4. The van der Waals surface area contributed by atoms with Crippen molar-refractivity contribution in [1.82, 2.24) is 5.32 Å². The molecule has 0 aliphatic heterocycles. The van der Waals surface area contributed by atoms with Crippen molar-refractivity contribution in [2.75, 3.05) is 0 Å². The topological polar surface area (TPSA) is 130 Å². The Hall–Kier alpha value is -1.63. The standard InChI is InChI=1S/C10H18N2O5/c1-5(2)8(10(16)17)12-9(15)6(11)3-4-7(13)14/h5-6,8H,3-4,11H2,1-2H3,(H,12,15)(H,13,14)(H,16,17)/t6-,8+/m1/s1. The van der Waals surface area contributed by atoms with Crippen molar-refractivity contribution in [3.63, 3.8) is 0 Å². The van der Waals surface area contributed by atoms with E-state index in [1.807, 2.05) is 0 Å². The van der Waals surface area contributed by atoms with Gasteiger partial charge in [-0.15, -0.1) is 0 Å². The second-order valence-electron chi connectivity index (χ2n) is 4.11. The van der Waals surface area contributed by atoms with Crippen LogP contribution in [0.15, 0.2) is 0 Å². The highest BCUT2D eigenvalue weighted by Crippen LogP contribution is 2.03. The van der Waals surface area contributed by atoms with Crippen LogP contribution in [0.25, 0.3) is 0 Å². The molecule has 0 aromatic heterocycles. The van der Waals surface area contributed by atoms with Gasteiger partial charge in [-0.3, -0.25) is 9.59 Å². The largest absolute Gasteiger partial charge is 0.481 e. The van der Waals surface area contributed by atoms with Crippen molar-refractivity contribution in [3.05, 3.63) is 0 Å². The number of carbonyl (C=O) groups excluding carboxylic acids is 1. The second-order valence-corrected chi connectivity index (χ2v) is 4.11. The van der Waals surface area contributed by atoms with E-state index in [9.17, 15) is 14.4 Å². The molecule has 0 saturated carbocycles. The smallest absolute Gasteiger partial charge is 0.326 e. The summed E-state index contributed by atoms with van der Waals surface area (Å²) in [4.78, 5) is 32.6. The van der Waals surface area contributed by atoms with Crippen LogP contribution in [0.2, 0.25) is 0 Å². The van der Waals surface area contributed by atoms with E-state index in [1.54, 1.807) is 13.8 Å². The maximum Gasteiger partial charge on any atom is 0.326 e. The molecule has 0 aromatic carbocycles. The van der Waals surface area contributed by atoms with Crippen molar-refractivity contribution in [3.8, 4) is 0 Å². The van der Waals surface area contributed by atoms with E-state index in [-0.39, 0.29) is 18.8 Å². The number of carboxylic acids is 2. The summed E-state index contributed by atoms with van der Waals surface area (Å²) in [5.41, 5.74) is 5.45. The van der Waals surface area contributed by atoms with Gasteiger partial charge in [0, 0.05) is 6.42 Å². The molecule has 0 bridgehead atoms. The quantitative estimate of drug-likeness (QED) is 0.474. The number of amides is 1. The third-order valence-corrected chi connectivity index (χ3v) is 2.24. The first-order valence-corrected chi connectivity index (χ1v) is 5.26. The molecule has 0 unspecified atom stereocenters. The van der Waals surface area contributed by atoms with Gasteiger partial charge in [0.05, 0.1) is 6.04 Å². The lowest BCUT2D eigenvalue weighted by molar-refractivity contribution is -0.143. The molecule has 1 amide bonds. The van der Waals surface area contributed by atoms with Crippen LogP contribution in [-0.2, 0) is 14.4 Å². The molecule has 0 heterocycles. The summed E-state index contributed by atoms with van der Waals surface area (Å²) in [6.45, 7) is 3.31. The summed E-state index contributed by atoms with van der Waals surface area (Å²) in [6, 6.07) is -2.02. The van der Waals surface area contributed by atoms with Crippen LogP contribution in [-0.4, -0.2) is 40.1 Å². The summed E-state index contributed by atoms with van der Waals surface area (Å²) in [5, 5.41) is 19.5. The molecule has 0 aromatic rings. The van der Waals surface area contributed by atoms with Crippen LogP contribution in [0.1, 0.15) is 26.7 Å². The predicted octanol–water partition coefficient (Wildman–Crippen LogP) is -0.596. The molecule has 0 aliphatic rings. The first kappa shape index (κ1) is 15.4. The average Bonchev–Trinajstić information content (AvgIpc) is 2.20. The predicted molar refractivity (Wildman–Crippen MR) is 59.2 cm³/mol. The van der Waals surface area contributed by atoms with Gasteiger partial charge in [0.15, 0.2) is 0 Å². The minimum Gasteiger partial charge on any atom is -0.481 e. The van der Waals surface area contributed by atoms with Crippen molar-refractivity contribution in [2.45, 2.75) is 38.8 Å². The number of rotatable bonds is 7. The van der Waals surface area contributed by atoms with E-state index in [1.165, 1.54) is 0 Å². The number of carbonyl (C=O) groups is 3. The molecular formula is C10H18N2O5. The van der Waals surface area contributed by atoms with Gasteiger partial charge in [-0.1, -0.05) is 13.8 Å². The van der Waals surface area contributed by atoms with E-state index in [4.69, 9.17) is 15.9 Å². The number of aliphatic carboxylic acids is 2. The Balaban J connectivity index is 4.31.